The molecule has 0 heteroatoms. The van der Waals surface area contributed by atoms with E-state index in [1.54, 1.807) is 11.1 Å². The predicted octanol–water partition coefficient (Wildman–Crippen LogP) is 7.46. The normalized spacial score (nSPS) is 13.8. The zero-order chi connectivity index (χ0) is 18.1. The topological polar surface area (TPSA) is 0 Å². The molecule has 0 saturated carbocycles. The lowest BCUT2D eigenvalue weighted by Gasteiger charge is -2.35. The fraction of sp³-hybridized carbons (Fsp3) is 0.500. The molecule has 2 aromatic carbocycles. The summed E-state index contributed by atoms with van der Waals surface area (Å²) >= 11 is 0. The van der Waals surface area contributed by atoms with Crippen LogP contribution in [-0.4, -0.2) is 0 Å². The minimum Gasteiger partial charge on any atom is -0.0648 e. The van der Waals surface area contributed by atoms with Crippen LogP contribution in [0.25, 0.3) is 11.1 Å². The van der Waals surface area contributed by atoms with Crippen LogP contribution in [-0.2, 0) is 10.8 Å². The van der Waals surface area contributed by atoms with Gasteiger partial charge in [0.2, 0.25) is 0 Å². The molecule has 1 unspecified atom stereocenters. The Balaban J connectivity index is 2.90. The molecule has 0 radical (unpaired) electrons. The second-order valence-electron chi connectivity index (χ2n) is 9.12. The molecule has 0 heterocycles. The highest BCUT2D eigenvalue weighted by atomic mass is 14.3. The van der Waals surface area contributed by atoms with Crippen LogP contribution < -0.4 is 0 Å². The summed E-state index contributed by atoms with van der Waals surface area (Å²) in [5.41, 5.74) is 7.60. The van der Waals surface area contributed by atoms with E-state index in [-0.39, 0.29) is 10.8 Å². The van der Waals surface area contributed by atoms with Crippen molar-refractivity contribution in [1.29, 1.82) is 0 Å². The number of hydrogen-bond donors (Lipinski definition) is 0. The van der Waals surface area contributed by atoms with Crippen LogP contribution in [0.2, 0.25) is 0 Å². The lowest BCUT2D eigenvalue weighted by atomic mass is 9.69. The molecular weight excluding hydrogens is 288 g/mol. The van der Waals surface area contributed by atoms with Gasteiger partial charge in [0.05, 0.1) is 0 Å². The molecule has 2 rings (SSSR count). The van der Waals surface area contributed by atoms with Gasteiger partial charge in [0.25, 0.3) is 0 Å². The zero-order valence-electron chi connectivity index (χ0n) is 16.8. The molecule has 0 aromatic heterocycles. The maximum absolute atomic E-state index is 2.38. The first kappa shape index (κ1) is 18.8. The van der Waals surface area contributed by atoms with E-state index in [2.05, 4.69) is 97.9 Å². The summed E-state index contributed by atoms with van der Waals surface area (Å²) in [4.78, 5) is 0. The Bertz CT molecular complexity index is 678. The van der Waals surface area contributed by atoms with Gasteiger partial charge in [0.1, 0.15) is 0 Å². The quantitative estimate of drug-likeness (QED) is 0.550. The maximum atomic E-state index is 2.38. The lowest BCUT2D eigenvalue weighted by molar-refractivity contribution is 0.519. The van der Waals surface area contributed by atoms with Crippen LogP contribution in [0.1, 0.15) is 84.4 Å². The van der Waals surface area contributed by atoms with Crippen LogP contribution in [0.3, 0.4) is 0 Å². The molecule has 0 amide bonds. The SMILES string of the molecule is CCC(C)c1c(-c2ccccc2)ccc(C(C)(C)C)c1C(C)(C)C. The van der Waals surface area contributed by atoms with Gasteiger partial charge in [0.15, 0.2) is 0 Å². The third-order valence-corrected chi connectivity index (χ3v) is 4.99. The van der Waals surface area contributed by atoms with Crippen molar-refractivity contribution in [3.8, 4) is 11.1 Å². The maximum Gasteiger partial charge on any atom is -0.0126 e. The van der Waals surface area contributed by atoms with Crippen molar-refractivity contribution in [2.24, 2.45) is 0 Å². The monoisotopic (exact) mass is 322 g/mol. The smallest absolute Gasteiger partial charge is 0.0126 e. The Morgan fingerprint density at radius 2 is 1.38 bits per heavy atom. The Labute approximate surface area is 149 Å². The minimum absolute atomic E-state index is 0.131. The first-order valence-corrected chi connectivity index (χ1v) is 9.30. The first-order chi connectivity index (χ1) is 11.1. The lowest BCUT2D eigenvalue weighted by Crippen LogP contribution is -2.25. The first-order valence-electron chi connectivity index (χ1n) is 9.30. The Kier molecular flexibility index (Phi) is 5.28. The summed E-state index contributed by atoms with van der Waals surface area (Å²) < 4.78 is 0. The van der Waals surface area contributed by atoms with Crippen molar-refractivity contribution in [2.75, 3.05) is 0 Å². The summed E-state index contributed by atoms with van der Waals surface area (Å²) in [6.07, 6.45) is 1.16. The molecule has 0 aliphatic heterocycles. The van der Waals surface area contributed by atoms with Crippen molar-refractivity contribution < 1.29 is 0 Å². The Morgan fingerprint density at radius 1 is 0.792 bits per heavy atom. The summed E-state index contributed by atoms with van der Waals surface area (Å²) in [5, 5.41) is 0. The number of rotatable bonds is 3. The van der Waals surface area contributed by atoms with Crippen LogP contribution in [0.15, 0.2) is 42.5 Å². The average Bonchev–Trinajstić information content (AvgIpc) is 2.51. The van der Waals surface area contributed by atoms with Crippen LogP contribution in [0.4, 0.5) is 0 Å². The molecule has 0 N–H and O–H groups in total. The molecule has 0 aliphatic carbocycles. The molecule has 2 aromatic rings. The minimum atomic E-state index is 0.131. The summed E-state index contributed by atoms with van der Waals surface area (Å²) in [6, 6.07) is 15.6. The number of benzene rings is 2. The van der Waals surface area contributed by atoms with E-state index in [0.29, 0.717) is 5.92 Å². The van der Waals surface area contributed by atoms with Gasteiger partial charge in [-0.15, -0.1) is 0 Å². The molecule has 1 atom stereocenters. The molecule has 0 spiro atoms. The highest BCUT2D eigenvalue weighted by Crippen LogP contribution is 2.44. The van der Waals surface area contributed by atoms with E-state index in [0.717, 1.165) is 6.42 Å². The van der Waals surface area contributed by atoms with E-state index in [1.807, 2.05) is 0 Å². The Morgan fingerprint density at radius 3 is 1.83 bits per heavy atom. The predicted molar refractivity (Wildman–Crippen MR) is 108 cm³/mol. The number of hydrogen-bond acceptors (Lipinski definition) is 0. The van der Waals surface area contributed by atoms with Crippen molar-refractivity contribution in [2.45, 2.75) is 78.6 Å². The van der Waals surface area contributed by atoms with Gasteiger partial charge in [-0.2, -0.15) is 0 Å². The van der Waals surface area contributed by atoms with Gasteiger partial charge in [-0.1, -0.05) is 97.9 Å². The van der Waals surface area contributed by atoms with Gasteiger partial charge >= 0.3 is 0 Å². The molecule has 0 bridgehead atoms. The van der Waals surface area contributed by atoms with Crippen molar-refractivity contribution >= 4 is 0 Å². The van der Waals surface area contributed by atoms with Gasteiger partial charge in [-0.05, 0) is 51.0 Å². The molecule has 24 heavy (non-hydrogen) atoms. The van der Waals surface area contributed by atoms with E-state index < -0.39 is 0 Å². The van der Waals surface area contributed by atoms with E-state index in [9.17, 15) is 0 Å². The third kappa shape index (κ3) is 3.74. The molecule has 0 nitrogen and oxygen atoms in total. The van der Waals surface area contributed by atoms with E-state index in [4.69, 9.17) is 0 Å². The molecule has 0 aliphatic rings. The third-order valence-electron chi connectivity index (χ3n) is 4.99. The van der Waals surface area contributed by atoms with Gasteiger partial charge in [-0.3, -0.25) is 0 Å². The highest BCUT2D eigenvalue weighted by molar-refractivity contribution is 5.71. The van der Waals surface area contributed by atoms with E-state index in [1.165, 1.54) is 16.7 Å². The fourth-order valence-corrected chi connectivity index (χ4v) is 3.64. The fourth-order valence-electron chi connectivity index (χ4n) is 3.64. The Hall–Kier alpha value is -1.56. The molecule has 130 valence electrons. The van der Waals surface area contributed by atoms with E-state index >= 15 is 0 Å². The highest BCUT2D eigenvalue weighted by Gasteiger charge is 2.30. The average molecular weight is 323 g/mol. The second-order valence-corrected chi connectivity index (χ2v) is 9.12. The summed E-state index contributed by atoms with van der Waals surface area (Å²) in [7, 11) is 0. The molecule has 0 saturated heterocycles. The molecular formula is C24H34. The largest absolute Gasteiger partial charge is 0.0648 e. The summed E-state index contributed by atoms with van der Waals surface area (Å²) in [6.45, 7) is 18.8. The zero-order valence-corrected chi connectivity index (χ0v) is 16.8. The van der Waals surface area contributed by atoms with Crippen LogP contribution in [0, 0.1) is 0 Å². The van der Waals surface area contributed by atoms with Gasteiger partial charge in [0, 0.05) is 0 Å². The second kappa shape index (κ2) is 6.75. The van der Waals surface area contributed by atoms with Gasteiger partial charge < -0.3 is 0 Å². The molecule has 0 fully saturated rings. The van der Waals surface area contributed by atoms with Gasteiger partial charge in [-0.25, -0.2) is 0 Å². The standard InChI is InChI=1S/C24H34/c1-9-17(2)21-19(18-13-11-10-12-14-18)15-16-20(23(3,4)5)22(21)24(6,7)8/h10-17H,9H2,1-8H3. The van der Waals surface area contributed by atoms with Crippen molar-refractivity contribution in [1.82, 2.24) is 0 Å². The van der Waals surface area contributed by atoms with Crippen molar-refractivity contribution in [3.05, 3.63) is 59.2 Å². The van der Waals surface area contributed by atoms with Crippen LogP contribution in [0.5, 0.6) is 0 Å². The summed E-state index contributed by atoms with van der Waals surface area (Å²) in [5.74, 6) is 0.553. The van der Waals surface area contributed by atoms with Crippen LogP contribution >= 0.6 is 0 Å². The van der Waals surface area contributed by atoms with Crippen molar-refractivity contribution in [3.63, 3.8) is 0 Å².